The van der Waals surface area contributed by atoms with Crippen molar-refractivity contribution in [3.63, 3.8) is 0 Å². The van der Waals surface area contributed by atoms with Gasteiger partial charge in [0.2, 0.25) is 5.91 Å². The van der Waals surface area contributed by atoms with E-state index in [0.29, 0.717) is 6.42 Å². The minimum absolute atomic E-state index is 0.0623. The summed E-state index contributed by atoms with van der Waals surface area (Å²) in [7, 11) is 1.61. The van der Waals surface area contributed by atoms with E-state index in [0.717, 1.165) is 27.2 Å². The lowest BCUT2D eigenvalue weighted by Gasteiger charge is -2.08. The van der Waals surface area contributed by atoms with Crippen LogP contribution < -0.4 is 10.1 Å². The number of amides is 1. The number of halogens is 1. The zero-order valence-corrected chi connectivity index (χ0v) is 12.9. The first-order valence-electron chi connectivity index (χ1n) is 6.13. The third-order valence-corrected chi connectivity index (χ3v) is 3.38. The van der Waals surface area contributed by atoms with Gasteiger partial charge in [-0.3, -0.25) is 9.78 Å². The molecular formula is C15H15BrN2O2. The molecule has 2 aromatic rings. The molecule has 0 fully saturated rings. The fourth-order valence-electron chi connectivity index (χ4n) is 1.83. The van der Waals surface area contributed by atoms with Gasteiger partial charge in [0.15, 0.2) is 0 Å². The van der Waals surface area contributed by atoms with Crippen molar-refractivity contribution in [3.05, 3.63) is 52.3 Å². The molecule has 2 rings (SSSR count). The highest BCUT2D eigenvalue weighted by molar-refractivity contribution is 9.10. The van der Waals surface area contributed by atoms with Crippen molar-refractivity contribution in [2.45, 2.75) is 13.3 Å². The number of methoxy groups -OCH3 is 1. The Morgan fingerprint density at radius 1 is 1.35 bits per heavy atom. The molecule has 0 radical (unpaired) electrons. The number of anilines is 1. The van der Waals surface area contributed by atoms with Crippen LogP contribution in [0.3, 0.4) is 0 Å². The quantitative estimate of drug-likeness (QED) is 0.932. The van der Waals surface area contributed by atoms with E-state index in [2.05, 4.69) is 26.2 Å². The van der Waals surface area contributed by atoms with E-state index in [1.54, 1.807) is 19.4 Å². The monoisotopic (exact) mass is 334 g/mol. The number of carbonyl (C=O) groups is 1. The normalized spacial score (nSPS) is 10.2. The second-order valence-electron chi connectivity index (χ2n) is 4.38. The van der Waals surface area contributed by atoms with Crippen molar-refractivity contribution in [1.29, 1.82) is 0 Å². The van der Waals surface area contributed by atoms with E-state index in [1.807, 2.05) is 31.2 Å². The van der Waals surface area contributed by atoms with E-state index in [1.165, 1.54) is 0 Å². The molecule has 0 saturated heterocycles. The van der Waals surface area contributed by atoms with E-state index in [4.69, 9.17) is 4.74 Å². The Kier molecular flexibility index (Phi) is 4.74. The summed E-state index contributed by atoms with van der Waals surface area (Å²) in [6, 6.07) is 9.21. The fraction of sp³-hybridized carbons (Fsp3) is 0.200. The summed E-state index contributed by atoms with van der Waals surface area (Å²) in [5.41, 5.74) is 2.55. The van der Waals surface area contributed by atoms with Crippen LogP contribution >= 0.6 is 15.9 Å². The van der Waals surface area contributed by atoms with E-state index < -0.39 is 0 Å². The maximum absolute atomic E-state index is 12.0. The predicted molar refractivity (Wildman–Crippen MR) is 82.0 cm³/mol. The fourth-order valence-corrected chi connectivity index (χ4v) is 2.42. The van der Waals surface area contributed by atoms with Gasteiger partial charge in [0.1, 0.15) is 5.75 Å². The van der Waals surface area contributed by atoms with Crippen molar-refractivity contribution in [2.75, 3.05) is 12.4 Å². The molecule has 0 bridgehead atoms. The van der Waals surface area contributed by atoms with E-state index >= 15 is 0 Å². The van der Waals surface area contributed by atoms with Gasteiger partial charge in [-0.1, -0.05) is 6.07 Å². The Hall–Kier alpha value is -1.88. The molecule has 1 N–H and O–H groups in total. The van der Waals surface area contributed by atoms with Gasteiger partial charge >= 0.3 is 0 Å². The molecule has 0 saturated carbocycles. The van der Waals surface area contributed by atoms with Crippen molar-refractivity contribution in [1.82, 2.24) is 4.98 Å². The molecule has 20 heavy (non-hydrogen) atoms. The van der Waals surface area contributed by atoms with Crippen LogP contribution in [0.25, 0.3) is 0 Å². The van der Waals surface area contributed by atoms with Gasteiger partial charge in [0, 0.05) is 17.6 Å². The number of aromatic nitrogens is 1. The minimum atomic E-state index is -0.0623. The summed E-state index contributed by atoms with van der Waals surface area (Å²) in [5.74, 6) is 0.687. The number of ether oxygens (including phenoxy) is 1. The number of carbonyl (C=O) groups excluding carboxylic acids is 1. The van der Waals surface area contributed by atoms with Crippen molar-refractivity contribution >= 4 is 27.5 Å². The molecule has 1 aromatic heterocycles. The third kappa shape index (κ3) is 3.81. The molecule has 0 unspecified atom stereocenters. The number of hydrogen-bond acceptors (Lipinski definition) is 3. The van der Waals surface area contributed by atoms with E-state index in [-0.39, 0.29) is 5.91 Å². The lowest BCUT2D eigenvalue weighted by Crippen LogP contribution is -2.14. The number of pyridine rings is 1. The lowest BCUT2D eigenvalue weighted by atomic mass is 10.1. The molecule has 4 nitrogen and oxygen atoms in total. The number of nitrogens with one attached hydrogen (secondary N) is 1. The molecule has 0 spiro atoms. The SMILES string of the molecule is COc1ccc(CC(=O)Nc2ccnc(C)c2)cc1Br. The summed E-state index contributed by atoms with van der Waals surface area (Å²) in [6.45, 7) is 1.89. The number of hydrogen-bond donors (Lipinski definition) is 1. The topological polar surface area (TPSA) is 51.2 Å². The first-order valence-corrected chi connectivity index (χ1v) is 6.92. The summed E-state index contributed by atoms with van der Waals surface area (Å²) in [5, 5.41) is 2.85. The zero-order chi connectivity index (χ0) is 14.5. The average Bonchev–Trinajstić information content (AvgIpc) is 2.38. The summed E-state index contributed by atoms with van der Waals surface area (Å²) in [4.78, 5) is 16.1. The standard InChI is InChI=1S/C15H15BrN2O2/c1-10-7-12(5-6-17-10)18-15(19)9-11-3-4-14(20-2)13(16)8-11/h3-8H,9H2,1-2H3,(H,17,18,19). The summed E-state index contributed by atoms with van der Waals surface area (Å²) >= 11 is 3.41. The highest BCUT2D eigenvalue weighted by Crippen LogP contribution is 2.25. The number of aryl methyl sites for hydroxylation is 1. The molecule has 0 aliphatic carbocycles. The second-order valence-corrected chi connectivity index (χ2v) is 5.23. The van der Waals surface area contributed by atoms with Crippen molar-refractivity contribution in [3.8, 4) is 5.75 Å². The summed E-state index contributed by atoms with van der Waals surface area (Å²) < 4.78 is 6.00. The molecule has 1 aromatic carbocycles. The van der Waals surface area contributed by atoms with E-state index in [9.17, 15) is 4.79 Å². The van der Waals surface area contributed by atoms with Gasteiger partial charge in [-0.05, 0) is 52.7 Å². The molecular weight excluding hydrogens is 320 g/mol. The Balaban J connectivity index is 2.03. The maximum atomic E-state index is 12.0. The van der Waals surface area contributed by atoms with Crippen LogP contribution in [-0.4, -0.2) is 18.0 Å². The lowest BCUT2D eigenvalue weighted by molar-refractivity contribution is -0.115. The van der Waals surface area contributed by atoms with Gasteiger partial charge < -0.3 is 10.1 Å². The highest BCUT2D eigenvalue weighted by atomic mass is 79.9. The summed E-state index contributed by atoms with van der Waals surface area (Å²) in [6.07, 6.45) is 1.99. The molecule has 5 heteroatoms. The Morgan fingerprint density at radius 2 is 2.15 bits per heavy atom. The Labute approximate surface area is 126 Å². The first-order chi connectivity index (χ1) is 9.58. The predicted octanol–water partition coefficient (Wildman–Crippen LogP) is 3.34. The molecule has 1 amide bonds. The number of benzene rings is 1. The number of rotatable bonds is 4. The van der Waals surface area contributed by atoms with Crippen molar-refractivity contribution in [2.24, 2.45) is 0 Å². The van der Waals surface area contributed by atoms with Gasteiger partial charge in [-0.25, -0.2) is 0 Å². The minimum Gasteiger partial charge on any atom is -0.496 e. The third-order valence-electron chi connectivity index (χ3n) is 2.76. The number of nitrogens with zero attached hydrogens (tertiary/aromatic N) is 1. The van der Waals surface area contributed by atoms with Crippen LogP contribution in [0.15, 0.2) is 41.0 Å². The molecule has 0 atom stereocenters. The second kappa shape index (κ2) is 6.52. The highest BCUT2D eigenvalue weighted by Gasteiger charge is 2.07. The van der Waals surface area contributed by atoms with Gasteiger partial charge in [-0.2, -0.15) is 0 Å². The van der Waals surface area contributed by atoms with Gasteiger partial charge in [0.05, 0.1) is 18.0 Å². The van der Waals surface area contributed by atoms with Crippen LogP contribution in [0.5, 0.6) is 5.75 Å². The molecule has 1 heterocycles. The van der Waals surface area contributed by atoms with Crippen LogP contribution in [-0.2, 0) is 11.2 Å². The van der Waals surface area contributed by atoms with Crippen LogP contribution in [0.2, 0.25) is 0 Å². The maximum Gasteiger partial charge on any atom is 0.228 e. The smallest absolute Gasteiger partial charge is 0.228 e. The van der Waals surface area contributed by atoms with Crippen molar-refractivity contribution < 1.29 is 9.53 Å². The van der Waals surface area contributed by atoms with Crippen LogP contribution in [0.1, 0.15) is 11.3 Å². The first kappa shape index (κ1) is 14.5. The molecule has 0 aliphatic heterocycles. The Morgan fingerprint density at radius 3 is 2.80 bits per heavy atom. The zero-order valence-electron chi connectivity index (χ0n) is 11.3. The van der Waals surface area contributed by atoms with Crippen LogP contribution in [0, 0.1) is 6.92 Å². The van der Waals surface area contributed by atoms with Gasteiger partial charge in [-0.15, -0.1) is 0 Å². The largest absolute Gasteiger partial charge is 0.496 e. The van der Waals surface area contributed by atoms with Gasteiger partial charge in [0.25, 0.3) is 0 Å². The average molecular weight is 335 g/mol. The van der Waals surface area contributed by atoms with Crippen LogP contribution in [0.4, 0.5) is 5.69 Å². The Bertz CT molecular complexity index is 629. The molecule has 104 valence electrons. The molecule has 0 aliphatic rings.